The van der Waals surface area contributed by atoms with E-state index >= 15 is 0 Å². The fourth-order valence-corrected chi connectivity index (χ4v) is 0.985. The number of hydrogen-bond acceptors (Lipinski definition) is 3. The number of carboxylic acids is 1. The van der Waals surface area contributed by atoms with E-state index < -0.39 is 17.3 Å². The molecule has 0 aliphatic rings. The van der Waals surface area contributed by atoms with Gasteiger partial charge in [0.25, 0.3) is 0 Å². The minimum absolute atomic E-state index is 0.122. The van der Waals surface area contributed by atoms with Crippen molar-refractivity contribution in [3.63, 3.8) is 0 Å². The van der Waals surface area contributed by atoms with Crippen LogP contribution in [0.2, 0.25) is 0 Å². The van der Waals surface area contributed by atoms with Crippen molar-refractivity contribution in [1.29, 1.82) is 0 Å². The molecule has 0 bridgehead atoms. The lowest BCUT2D eigenvalue weighted by Crippen LogP contribution is -2.46. The highest BCUT2D eigenvalue weighted by Gasteiger charge is 2.38. The molecule has 92 valence electrons. The first kappa shape index (κ1) is 14.4. The van der Waals surface area contributed by atoms with Gasteiger partial charge in [-0.3, -0.25) is 14.4 Å². The second-order valence-corrected chi connectivity index (χ2v) is 4.38. The van der Waals surface area contributed by atoms with Gasteiger partial charge in [0.05, 0.1) is 6.54 Å². The third-order valence-electron chi connectivity index (χ3n) is 2.29. The molecule has 6 heteroatoms. The van der Waals surface area contributed by atoms with Crippen LogP contribution in [0.25, 0.3) is 0 Å². The molecule has 0 aliphatic carbocycles. The number of carbonyl (C=O) groups is 3. The first-order valence-electron chi connectivity index (χ1n) is 4.79. The Balaban J connectivity index is 4.64. The lowest BCUT2D eigenvalue weighted by molar-refractivity contribution is -0.158. The Morgan fingerprint density at radius 3 is 1.88 bits per heavy atom. The summed E-state index contributed by atoms with van der Waals surface area (Å²) in [7, 11) is 4.56. The van der Waals surface area contributed by atoms with Crippen molar-refractivity contribution in [3.8, 4) is 0 Å². The maximum Gasteiger partial charge on any atom is 0.318 e. The monoisotopic (exact) mass is 230 g/mol. The highest BCUT2D eigenvalue weighted by Crippen LogP contribution is 2.18. The van der Waals surface area contributed by atoms with Gasteiger partial charge in [-0.25, -0.2) is 0 Å². The highest BCUT2D eigenvalue weighted by molar-refractivity contribution is 6.01. The molecule has 0 aromatic carbocycles. The lowest BCUT2D eigenvalue weighted by atomic mass is 9.92. The van der Waals surface area contributed by atoms with Crippen molar-refractivity contribution in [2.24, 2.45) is 5.41 Å². The quantitative estimate of drug-likeness (QED) is 0.669. The van der Waals surface area contributed by atoms with Crippen LogP contribution in [0.15, 0.2) is 0 Å². The van der Waals surface area contributed by atoms with Crippen LogP contribution in [0, 0.1) is 5.41 Å². The number of likely N-dealkylation sites (N-methyl/N-ethyl adjacent to an activating group) is 2. The summed E-state index contributed by atoms with van der Waals surface area (Å²) in [6.45, 7) is 2.51. The molecule has 6 nitrogen and oxygen atoms in total. The molecule has 0 aliphatic heterocycles. The van der Waals surface area contributed by atoms with Crippen molar-refractivity contribution in [2.75, 3.05) is 27.7 Å². The molecule has 2 amide bonds. The van der Waals surface area contributed by atoms with Crippen LogP contribution in [0.5, 0.6) is 0 Å². The van der Waals surface area contributed by atoms with Gasteiger partial charge in [0, 0.05) is 21.1 Å². The Morgan fingerprint density at radius 1 is 1.12 bits per heavy atom. The van der Waals surface area contributed by atoms with E-state index in [1.807, 2.05) is 0 Å². The third-order valence-corrected chi connectivity index (χ3v) is 2.29. The fourth-order valence-electron chi connectivity index (χ4n) is 0.985. The molecule has 0 spiro atoms. The van der Waals surface area contributed by atoms with Crippen LogP contribution in [0.3, 0.4) is 0 Å². The normalized spacial score (nSPS) is 10.8. The van der Waals surface area contributed by atoms with E-state index in [4.69, 9.17) is 5.11 Å². The van der Waals surface area contributed by atoms with E-state index in [2.05, 4.69) is 0 Å². The van der Waals surface area contributed by atoms with Gasteiger partial charge < -0.3 is 14.9 Å². The zero-order valence-electron chi connectivity index (χ0n) is 10.3. The fraction of sp³-hybridized carbons (Fsp3) is 0.700. The molecule has 0 radical (unpaired) electrons. The molecule has 0 saturated carbocycles. The summed E-state index contributed by atoms with van der Waals surface area (Å²) in [5.41, 5.74) is -1.51. The van der Waals surface area contributed by atoms with Crippen molar-refractivity contribution < 1.29 is 19.5 Å². The molecular weight excluding hydrogens is 212 g/mol. The highest BCUT2D eigenvalue weighted by atomic mass is 16.4. The van der Waals surface area contributed by atoms with Gasteiger partial charge in [0.15, 0.2) is 0 Å². The summed E-state index contributed by atoms with van der Waals surface area (Å²) in [5.74, 6) is -2.05. The predicted molar refractivity (Wildman–Crippen MR) is 57.7 cm³/mol. The zero-order chi connectivity index (χ0) is 13.1. The van der Waals surface area contributed by atoms with Gasteiger partial charge in [-0.05, 0) is 13.8 Å². The Kier molecular flexibility index (Phi) is 4.47. The van der Waals surface area contributed by atoms with E-state index in [0.717, 1.165) is 4.90 Å². The third kappa shape index (κ3) is 3.22. The van der Waals surface area contributed by atoms with Crippen LogP contribution in [-0.4, -0.2) is 60.4 Å². The molecule has 0 aromatic heterocycles. The smallest absolute Gasteiger partial charge is 0.318 e. The second-order valence-electron chi connectivity index (χ2n) is 4.38. The van der Waals surface area contributed by atoms with Gasteiger partial charge >= 0.3 is 5.97 Å². The van der Waals surface area contributed by atoms with Crippen molar-refractivity contribution in [2.45, 2.75) is 13.8 Å². The number of nitrogens with zero attached hydrogens (tertiary/aromatic N) is 2. The number of hydrogen-bond donors (Lipinski definition) is 1. The minimum Gasteiger partial charge on any atom is -0.480 e. The van der Waals surface area contributed by atoms with E-state index in [-0.39, 0.29) is 12.5 Å². The average Bonchev–Trinajstić information content (AvgIpc) is 2.15. The number of carbonyl (C=O) groups excluding carboxylic acids is 2. The number of rotatable bonds is 4. The summed E-state index contributed by atoms with van der Waals surface area (Å²) in [4.78, 5) is 36.4. The van der Waals surface area contributed by atoms with E-state index in [9.17, 15) is 14.4 Å². The molecule has 16 heavy (non-hydrogen) atoms. The Bertz CT molecular complexity index is 310. The zero-order valence-corrected chi connectivity index (χ0v) is 10.3. The summed E-state index contributed by atoms with van der Waals surface area (Å²) in [6, 6.07) is 0. The molecule has 0 aromatic rings. The maximum absolute atomic E-state index is 11.7. The summed E-state index contributed by atoms with van der Waals surface area (Å²) in [5, 5.41) is 8.86. The van der Waals surface area contributed by atoms with Crippen LogP contribution >= 0.6 is 0 Å². The Hall–Kier alpha value is -1.59. The predicted octanol–water partition coefficient (Wildman–Crippen LogP) is -0.356. The van der Waals surface area contributed by atoms with Gasteiger partial charge in [0.2, 0.25) is 11.8 Å². The average molecular weight is 230 g/mol. The Labute approximate surface area is 94.8 Å². The van der Waals surface area contributed by atoms with E-state index in [1.165, 1.54) is 25.8 Å². The van der Waals surface area contributed by atoms with E-state index in [0.29, 0.717) is 0 Å². The Morgan fingerprint density at radius 2 is 1.56 bits per heavy atom. The molecule has 0 heterocycles. The van der Waals surface area contributed by atoms with Crippen LogP contribution in [0.4, 0.5) is 0 Å². The van der Waals surface area contributed by atoms with Crippen molar-refractivity contribution in [3.05, 3.63) is 0 Å². The van der Waals surface area contributed by atoms with Gasteiger partial charge in [-0.15, -0.1) is 0 Å². The van der Waals surface area contributed by atoms with Crippen LogP contribution in [0.1, 0.15) is 13.8 Å². The minimum atomic E-state index is -1.51. The van der Waals surface area contributed by atoms with Gasteiger partial charge in [-0.2, -0.15) is 0 Å². The molecule has 1 N–H and O–H groups in total. The summed E-state index contributed by atoms with van der Waals surface area (Å²) < 4.78 is 0. The maximum atomic E-state index is 11.7. The van der Waals surface area contributed by atoms with Crippen molar-refractivity contribution >= 4 is 17.8 Å². The first-order chi connectivity index (χ1) is 7.10. The molecule has 0 saturated heterocycles. The van der Waals surface area contributed by atoms with Gasteiger partial charge in [0.1, 0.15) is 5.41 Å². The molecule has 0 rings (SSSR count). The number of aliphatic carboxylic acids is 1. The first-order valence-corrected chi connectivity index (χ1v) is 4.79. The SMILES string of the molecule is CN(C)C(=O)CN(C)C(=O)C(C)(C)C(=O)O. The topological polar surface area (TPSA) is 77.9 Å². The largest absolute Gasteiger partial charge is 0.480 e. The van der Waals surface area contributed by atoms with Crippen molar-refractivity contribution in [1.82, 2.24) is 9.80 Å². The van der Waals surface area contributed by atoms with E-state index in [1.54, 1.807) is 14.1 Å². The standard InChI is InChI=1S/C10H18N2O4/c1-10(2,9(15)16)8(14)12(5)6-7(13)11(3)4/h6H2,1-5H3,(H,15,16). The summed E-state index contributed by atoms with van der Waals surface area (Å²) >= 11 is 0. The molecule has 0 atom stereocenters. The number of carboxylic acid groups (broad SMARTS) is 1. The molecular formula is C10H18N2O4. The van der Waals surface area contributed by atoms with Crippen LogP contribution in [-0.2, 0) is 14.4 Å². The van der Waals surface area contributed by atoms with Gasteiger partial charge in [-0.1, -0.05) is 0 Å². The summed E-state index contributed by atoms with van der Waals surface area (Å²) in [6.07, 6.45) is 0. The second kappa shape index (κ2) is 4.96. The molecule has 0 fully saturated rings. The number of amides is 2. The molecule has 0 unspecified atom stereocenters. The lowest BCUT2D eigenvalue weighted by Gasteiger charge is -2.26. The van der Waals surface area contributed by atoms with Crippen LogP contribution < -0.4 is 0 Å².